The van der Waals surface area contributed by atoms with Crippen LogP contribution in [0, 0.1) is 0 Å². The van der Waals surface area contributed by atoms with Crippen molar-refractivity contribution in [2.45, 2.75) is 24.3 Å². The predicted octanol–water partition coefficient (Wildman–Crippen LogP) is 1.67. The van der Waals surface area contributed by atoms with Gasteiger partial charge >= 0.3 is 0 Å². The summed E-state index contributed by atoms with van der Waals surface area (Å²) < 4.78 is 28.8. The number of nitrogens with two attached hydrogens (primary N) is 1. The fourth-order valence-corrected chi connectivity index (χ4v) is 3.70. The summed E-state index contributed by atoms with van der Waals surface area (Å²) in [6, 6.07) is 12.8. The molecular weight excluding hydrogens is 394 g/mol. The van der Waals surface area contributed by atoms with Crippen LogP contribution < -0.4 is 14.8 Å². The van der Waals surface area contributed by atoms with Crippen LogP contribution in [0.2, 0.25) is 0 Å². The highest BCUT2D eigenvalue weighted by Crippen LogP contribution is 2.31. The van der Waals surface area contributed by atoms with Crippen LogP contribution in [0.15, 0.2) is 53.4 Å². The number of anilines is 1. The Hall–Kier alpha value is -2.91. The number of nitrogens with zero attached hydrogens (tertiary/aromatic N) is 2. The lowest BCUT2D eigenvalue weighted by atomic mass is 10.1. The molecule has 2 amide bonds. The highest BCUT2D eigenvalue weighted by molar-refractivity contribution is 7.89. The maximum Gasteiger partial charge on any atom is 0.242 e. The van der Waals surface area contributed by atoms with Gasteiger partial charge in [-0.05, 0) is 36.8 Å². The van der Waals surface area contributed by atoms with E-state index in [9.17, 15) is 18.0 Å². The Morgan fingerprint density at radius 3 is 2.69 bits per heavy atom. The van der Waals surface area contributed by atoms with Crippen molar-refractivity contribution < 1.29 is 22.7 Å². The zero-order valence-electron chi connectivity index (χ0n) is 16.2. The maximum absolute atomic E-state index is 12.9. The summed E-state index contributed by atoms with van der Waals surface area (Å²) in [6.45, 7) is 1.89. The van der Waals surface area contributed by atoms with Gasteiger partial charge in [0.25, 0.3) is 0 Å². The van der Waals surface area contributed by atoms with Gasteiger partial charge in [-0.15, -0.1) is 0 Å². The standard InChI is InChI=1S/C20H23N3O5S/c1-14(15-6-5-7-16(12-15)29(21,26)27)22(2)20(25)13-23-17-8-3-4-9-18(17)28-11-10-19(23)24/h3-9,12,14H,10-11,13H2,1-2H3,(H2,21,26,27). The van der Waals surface area contributed by atoms with Crippen molar-refractivity contribution in [3.63, 3.8) is 0 Å². The van der Waals surface area contributed by atoms with Gasteiger partial charge in [0.15, 0.2) is 0 Å². The first-order chi connectivity index (χ1) is 13.7. The fourth-order valence-electron chi connectivity index (χ4n) is 3.13. The molecule has 1 atom stereocenters. The van der Waals surface area contributed by atoms with Gasteiger partial charge in [0.05, 0.1) is 29.7 Å². The van der Waals surface area contributed by atoms with Crippen LogP contribution >= 0.6 is 0 Å². The summed E-state index contributed by atoms with van der Waals surface area (Å²) in [4.78, 5) is 28.3. The quantitative estimate of drug-likeness (QED) is 0.796. The van der Waals surface area contributed by atoms with Crippen LogP contribution in [0.4, 0.5) is 5.69 Å². The van der Waals surface area contributed by atoms with Gasteiger partial charge in [-0.1, -0.05) is 24.3 Å². The second-order valence-corrected chi connectivity index (χ2v) is 8.41. The first-order valence-corrected chi connectivity index (χ1v) is 10.6. The van der Waals surface area contributed by atoms with Gasteiger partial charge in [-0.3, -0.25) is 14.5 Å². The average Bonchev–Trinajstić information content (AvgIpc) is 2.85. The molecule has 0 saturated carbocycles. The van der Waals surface area contributed by atoms with E-state index in [1.165, 1.54) is 21.9 Å². The first kappa shape index (κ1) is 20.8. The maximum atomic E-state index is 12.9. The van der Waals surface area contributed by atoms with Crippen molar-refractivity contribution in [2.24, 2.45) is 5.14 Å². The molecule has 0 radical (unpaired) electrons. The monoisotopic (exact) mass is 417 g/mol. The average molecular weight is 417 g/mol. The van der Waals surface area contributed by atoms with Crippen LogP contribution in [0.5, 0.6) is 5.75 Å². The second kappa shape index (κ2) is 8.22. The molecule has 1 heterocycles. The second-order valence-electron chi connectivity index (χ2n) is 6.84. The molecule has 0 spiro atoms. The van der Waals surface area contributed by atoms with E-state index < -0.39 is 16.1 Å². The van der Waals surface area contributed by atoms with Gasteiger partial charge in [0, 0.05) is 7.05 Å². The van der Waals surface area contributed by atoms with Crippen molar-refractivity contribution in [2.75, 3.05) is 25.1 Å². The van der Waals surface area contributed by atoms with E-state index in [1.807, 2.05) is 0 Å². The van der Waals surface area contributed by atoms with Crippen LogP contribution in [-0.2, 0) is 19.6 Å². The molecule has 2 aromatic rings. The van der Waals surface area contributed by atoms with Crippen LogP contribution in [0.3, 0.4) is 0 Å². The third-order valence-corrected chi connectivity index (χ3v) is 5.88. The Labute approximate surface area is 169 Å². The third-order valence-electron chi connectivity index (χ3n) is 4.97. The molecule has 2 aromatic carbocycles. The molecule has 154 valence electrons. The molecule has 29 heavy (non-hydrogen) atoms. The number of sulfonamides is 1. The SMILES string of the molecule is CC(c1cccc(S(N)(=O)=O)c1)N(C)C(=O)CN1C(=O)CCOc2ccccc21. The lowest BCUT2D eigenvalue weighted by molar-refractivity contribution is -0.132. The number of likely N-dealkylation sites (N-methyl/N-ethyl adjacent to an activating group) is 1. The van der Waals surface area contributed by atoms with Crippen molar-refractivity contribution in [3.05, 3.63) is 54.1 Å². The molecule has 9 heteroatoms. The van der Waals surface area contributed by atoms with E-state index in [2.05, 4.69) is 0 Å². The zero-order chi connectivity index (χ0) is 21.2. The van der Waals surface area contributed by atoms with E-state index in [1.54, 1.807) is 50.4 Å². The van der Waals surface area contributed by atoms with E-state index in [0.29, 0.717) is 17.0 Å². The molecule has 0 bridgehead atoms. The first-order valence-electron chi connectivity index (χ1n) is 9.09. The van der Waals surface area contributed by atoms with Gasteiger partial charge in [0.1, 0.15) is 12.3 Å². The molecule has 1 unspecified atom stereocenters. The van der Waals surface area contributed by atoms with Crippen molar-refractivity contribution >= 4 is 27.5 Å². The van der Waals surface area contributed by atoms with Crippen molar-refractivity contribution in [1.82, 2.24) is 4.90 Å². The number of primary sulfonamides is 1. The number of fused-ring (bicyclic) bond motifs is 1. The van der Waals surface area contributed by atoms with Gasteiger partial charge in [-0.25, -0.2) is 13.6 Å². The molecule has 2 N–H and O–H groups in total. The van der Waals surface area contributed by atoms with Crippen molar-refractivity contribution in [3.8, 4) is 5.75 Å². The molecule has 0 aliphatic carbocycles. The number of carbonyl (C=O) groups excluding carboxylic acids is 2. The molecule has 3 rings (SSSR count). The van der Waals surface area contributed by atoms with Gasteiger partial charge in [-0.2, -0.15) is 0 Å². The number of amides is 2. The highest BCUT2D eigenvalue weighted by Gasteiger charge is 2.28. The van der Waals surface area contributed by atoms with Gasteiger partial charge in [0.2, 0.25) is 21.8 Å². The summed E-state index contributed by atoms with van der Waals surface area (Å²) in [6.07, 6.45) is 0.178. The lowest BCUT2D eigenvalue weighted by Crippen LogP contribution is -2.42. The van der Waals surface area contributed by atoms with Crippen LogP contribution in [-0.4, -0.2) is 45.3 Å². The number of hydrogen-bond donors (Lipinski definition) is 1. The molecule has 0 aromatic heterocycles. The normalized spacial score (nSPS) is 15.1. The summed E-state index contributed by atoms with van der Waals surface area (Å²) in [5, 5.41) is 5.20. The Bertz CT molecular complexity index is 1040. The summed E-state index contributed by atoms with van der Waals surface area (Å²) in [7, 11) is -2.23. The summed E-state index contributed by atoms with van der Waals surface area (Å²) in [5.74, 6) is 0.0758. The number of ether oxygens (including phenoxy) is 1. The highest BCUT2D eigenvalue weighted by atomic mass is 32.2. The zero-order valence-corrected chi connectivity index (χ0v) is 17.1. The summed E-state index contributed by atoms with van der Waals surface area (Å²) in [5.41, 5.74) is 1.18. The molecular formula is C20H23N3O5S. The Kier molecular flexibility index (Phi) is 5.90. The molecule has 1 aliphatic heterocycles. The van der Waals surface area contributed by atoms with E-state index >= 15 is 0 Å². The number of carbonyl (C=O) groups is 2. The molecule has 0 saturated heterocycles. The minimum atomic E-state index is -3.84. The number of benzene rings is 2. The molecule has 0 fully saturated rings. The predicted molar refractivity (Wildman–Crippen MR) is 108 cm³/mol. The third kappa shape index (κ3) is 4.57. The van der Waals surface area contributed by atoms with Crippen LogP contribution in [0.25, 0.3) is 0 Å². The lowest BCUT2D eigenvalue weighted by Gasteiger charge is -2.29. The topological polar surface area (TPSA) is 110 Å². The Morgan fingerprint density at radius 2 is 1.97 bits per heavy atom. The molecule has 8 nitrogen and oxygen atoms in total. The largest absolute Gasteiger partial charge is 0.491 e. The molecule has 1 aliphatic rings. The van der Waals surface area contributed by atoms with E-state index in [4.69, 9.17) is 9.88 Å². The minimum absolute atomic E-state index is 0.0172. The fraction of sp³-hybridized carbons (Fsp3) is 0.300. The van der Waals surface area contributed by atoms with Crippen molar-refractivity contribution in [1.29, 1.82) is 0 Å². The number of para-hydroxylation sites is 2. The number of hydrogen-bond acceptors (Lipinski definition) is 5. The summed E-state index contributed by atoms with van der Waals surface area (Å²) >= 11 is 0. The van der Waals surface area contributed by atoms with E-state index in [0.717, 1.165) is 0 Å². The van der Waals surface area contributed by atoms with E-state index in [-0.39, 0.29) is 36.3 Å². The van der Waals surface area contributed by atoms with Gasteiger partial charge < -0.3 is 9.64 Å². The van der Waals surface area contributed by atoms with Crippen LogP contribution in [0.1, 0.15) is 24.9 Å². The Balaban J connectivity index is 1.81. The smallest absolute Gasteiger partial charge is 0.242 e. The Morgan fingerprint density at radius 1 is 1.24 bits per heavy atom. The number of rotatable bonds is 5. The minimum Gasteiger partial charge on any atom is -0.491 e.